The van der Waals surface area contributed by atoms with Gasteiger partial charge in [0.05, 0.1) is 13.3 Å². The molecule has 0 amide bonds. The Hall–Kier alpha value is -2.88. The summed E-state index contributed by atoms with van der Waals surface area (Å²) in [6.07, 6.45) is 14.1. The van der Waals surface area contributed by atoms with Gasteiger partial charge in [-0.2, -0.15) is 0 Å². The summed E-state index contributed by atoms with van der Waals surface area (Å²) in [5.41, 5.74) is 10.9. The molecule has 0 saturated heterocycles. The minimum atomic E-state index is 0.969. The van der Waals surface area contributed by atoms with Crippen LogP contribution in [0.4, 0.5) is 11.4 Å². The molecule has 0 atom stereocenters. The van der Waals surface area contributed by atoms with E-state index in [9.17, 15) is 0 Å². The molecular formula is C30H42N4. The van der Waals surface area contributed by atoms with Gasteiger partial charge in [-0.3, -0.25) is 0 Å². The molecule has 0 fully saturated rings. The van der Waals surface area contributed by atoms with Crippen molar-refractivity contribution in [2.45, 2.75) is 67.2 Å². The number of benzene rings is 2. The molecule has 4 nitrogen and oxygen atoms in total. The number of nitrogens with zero attached hydrogens (tertiary/aromatic N) is 4. The zero-order valence-corrected chi connectivity index (χ0v) is 22.1. The van der Waals surface area contributed by atoms with Crippen molar-refractivity contribution in [3.05, 3.63) is 82.4 Å². The van der Waals surface area contributed by atoms with E-state index in [1.165, 1.54) is 70.4 Å². The lowest BCUT2D eigenvalue weighted by molar-refractivity contribution is 0.369. The van der Waals surface area contributed by atoms with Gasteiger partial charge in [-0.15, -0.1) is 0 Å². The maximum atomic E-state index is 2.45. The Kier molecular flexibility index (Phi) is 7.55. The van der Waals surface area contributed by atoms with E-state index in [0.717, 1.165) is 26.4 Å². The van der Waals surface area contributed by atoms with Crippen LogP contribution in [-0.2, 0) is 0 Å². The average molecular weight is 459 g/mol. The van der Waals surface area contributed by atoms with Gasteiger partial charge in [0, 0.05) is 49.3 Å². The Morgan fingerprint density at radius 3 is 1.21 bits per heavy atom. The SMILES string of the molecule is Cc1cc(C)c(N2C=CN(CCCCCCN3C=CN(c4c(C)cc(C)cc4C)C3)C2)c(C)c1. The van der Waals surface area contributed by atoms with E-state index in [2.05, 4.69) is 110 Å². The monoisotopic (exact) mass is 458 g/mol. The quantitative estimate of drug-likeness (QED) is 0.379. The number of anilines is 2. The molecule has 2 aliphatic rings. The lowest BCUT2D eigenvalue weighted by Gasteiger charge is -2.25. The predicted octanol–water partition coefficient (Wildman–Crippen LogP) is 6.90. The molecule has 0 saturated carbocycles. The van der Waals surface area contributed by atoms with Gasteiger partial charge in [0.2, 0.25) is 0 Å². The maximum Gasteiger partial charge on any atom is 0.0942 e. The molecule has 0 bridgehead atoms. The largest absolute Gasteiger partial charge is 0.358 e. The fraction of sp³-hybridized carbons (Fsp3) is 0.467. The second-order valence-electron chi connectivity index (χ2n) is 10.4. The summed E-state index contributed by atoms with van der Waals surface area (Å²) in [5, 5.41) is 0. The van der Waals surface area contributed by atoms with Crippen molar-refractivity contribution in [2.75, 3.05) is 36.2 Å². The summed E-state index contributed by atoms with van der Waals surface area (Å²) in [5.74, 6) is 0. The van der Waals surface area contributed by atoms with Crippen LogP contribution in [-0.4, -0.2) is 36.2 Å². The van der Waals surface area contributed by atoms with E-state index in [4.69, 9.17) is 0 Å². The fourth-order valence-electron chi connectivity index (χ4n) is 5.74. The van der Waals surface area contributed by atoms with Crippen LogP contribution in [0, 0.1) is 41.5 Å². The Morgan fingerprint density at radius 2 is 0.853 bits per heavy atom. The zero-order valence-electron chi connectivity index (χ0n) is 22.1. The highest BCUT2D eigenvalue weighted by Gasteiger charge is 2.18. The van der Waals surface area contributed by atoms with Crippen molar-refractivity contribution in [3.63, 3.8) is 0 Å². The van der Waals surface area contributed by atoms with Crippen molar-refractivity contribution >= 4 is 11.4 Å². The first-order valence-corrected chi connectivity index (χ1v) is 12.9. The van der Waals surface area contributed by atoms with Crippen LogP contribution in [0.2, 0.25) is 0 Å². The summed E-state index contributed by atoms with van der Waals surface area (Å²) >= 11 is 0. The van der Waals surface area contributed by atoms with Gasteiger partial charge < -0.3 is 19.6 Å². The first-order valence-electron chi connectivity index (χ1n) is 12.9. The average Bonchev–Trinajstić information content (AvgIpc) is 3.39. The first kappa shape index (κ1) is 24.3. The summed E-state index contributed by atoms with van der Waals surface area (Å²) in [7, 11) is 0. The fourth-order valence-corrected chi connectivity index (χ4v) is 5.74. The highest BCUT2D eigenvalue weighted by molar-refractivity contribution is 5.63. The van der Waals surface area contributed by atoms with Crippen LogP contribution >= 0.6 is 0 Å². The normalized spacial score (nSPS) is 15.4. The molecule has 2 aliphatic heterocycles. The van der Waals surface area contributed by atoms with Crippen molar-refractivity contribution in [2.24, 2.45) is 0 Å². The summed E-state index contributed by atoms with van der Waals surface area (Å²) in [6, 6.07) is 9.15. The maximum absolute atomic E-state index is 2.45. The Morgan fingerprint density at radius 1 is 0.500 bits per heavy atom. The summed E-state index contributed by atoms with van der Waals surface area (Å²) in [6.45, 7) is 17.5. The molecule has 2 aromatic carbocycles. The van der Waals surface area contributed by atoms with Crippen molar-refractivity contribution in [3.8, 4) is 0 Å². The van der Waals surface area contributed by atoms with Crippen LogP contribution in [0.25, 0.3) is 0 Å². The topological polar surface area (TPSA) is 13.0 Å². The van der Waals surface area contributed by atoms with Crippen LogP contribution in [0.3, 0.4) is 0 Å². The molecule has 2 heterocycles. The Labute approximate surface area is 207 Å². The predicted molar refractivity (Wildman–Crippen MR) is 146 cm³/mol. The molecule has 34 heavy (non-hydrogen) atoms. The molecule has 0 aliphatic carbocycles. The van der Waals surface area contributed by atoms with Gasteiger partial charge in [-0.1, -0.05) is 48.2 Å². The number of unbranched alkanes of at least 4 members (excludes halogenated alkanes) is 3. The van der Waals surface area contributed by atoms with Crippen LogP contribution < -0.4 is 9.80 Å². The minimum absolute atomic E-state index is 0.969. The van der Waals surface area contributed by atoms with Crippen molar-refractivity contribution in [1.29, 1.82) is 0 Å². The summed E-state index contributed by atoms with van der Waals surface area (Å²) in [4.78, 5) is 9.69. The van der Waals surface area contributed by atoms with E-state index in [1.807, 2.05) is 0 Å². The number of rotatable bonds is 9. The third-order valence-electron chi connectivity index (χ3n) is 7.07. The van der Waals surface area contributed by atoms with Gasteiger partial charge in [-0.05, 0) is 76.6 Å². The van der Waals surface area contributed by atoms with E-state index in [0.29, 0.717) is 0 Å². The molecule has 0 radical (unpaired) electrons. The minimum Gasteiger partial charge on any atom is -0.358 e. The number of aryl methyl sites for hydroxylation is 6. The van der Waals surface area contributed by atoms with Gasteiger partial charge in [0.15, 0.2) is 0 Å². The standard InChI is InChI=1S/C30H42N4/c1-23-17-25(3)29(26(4)18-23)33-15-13-31(21-33)11-9-7-8-10-12-32-14-16-34(22-32)30-27(5)19-24(2)20-28(30)6/h13-20H,7-12,21-22H2,1-6H3. The van der Waals surface area contributed by atoms with E-state index < -0.39 is 0 Å². The lowest BCUT2D eigenvalue weighted by atomic mass is 10.0. The second kappa shape index (κ2) is 10.6. The van der Waals surface area contributed by atoms with Gasteiger partial charge >= 0.3 is 0 Å². The molecule has 0 aromatic heterocycles. The lowest BCUT2D eigenvalue weighted by Crippen LogP contribution is -2.27. The van der Waals surface area contributed by atoms with Crippen LogP contribution in [0.1, 0.15) is 59.1 Å². The van der Waals surface area contributed by atoms with E-state index in [1.54, 1.807) is 0 Å². The molecule has 2 aromatic rings. The molecule has 4 rings (SSSR count). The highest BCUT2D eigenvalue weighted by atomic mass is 15.3. The third kappa shape index (κ3) is 5.60. The molecule has 4 heteroatoms. The molecule has 0 unspecified atom stereocenters. The highest BCUT2D eigenvalue weighted by Crippen LogP contribution is 2.30. The Bertz CT molecular complexity index is 936. The zero-order chi connectivity index (χ0) is 24.2. The molecule has 0 spiro atoms. The van der Waals surface area contributed by atoms with E-state index in [-0.39, 0.29) is 0 Å². The van der Waals surface area contributed by atoms with Crippen LogP contribution in [0.15, 0.2) is 49.1 Å². The smallest absolute Gasteiger partial charge is 0.0942 e. The molecular weight excluding hydrogens is 416 g/mol. The van der Waals surface area contributed by atoms with Crippen molar-refractivity contribution in [1.82, 2.24) is 9.80 Å². The van der Waals surface area contributed by atoms with E-state index >= 15 is 0 Å². The summed E-state index contributed by atoms with van der Waals surface area (Å²) < 4.78 is 0. The Balaban J connectivity index is 1.14. The molecule has 0 N–H and O–H groups in total. The third-order valence-corrected chi connectivity index (χ3v) is 7.07. The van der Waals surface area contributed by atoms with Gasteiger partial charge in [-0.25, -0.2) is 0 Å². The van der Waals surface area contributed by atoms with Crippen molar-refractivity contribution < 1.29 is 0 Å². The number of hydrogen-bond donors (Lipinski definition) is 0. The first-order chi connectivity index (χ1) is 16.3. The van der Waals surface area contributed by atoms with Gasteiger partial charge in [0.1, 0.15) is 0 Å². The van der Waals surface area contributed by atoms with Crippen LogP contribution in [0.5, 0.6) is 0 Å². The number of hydrogen-bond acceptors (Lipinski definition) is 4. The molecule has 182 valence electrons. The van der Waals surface area contributed by atoms with Gasteiger partial charge in [0.25, 0.3) is 0 Å². The second-order valence-corrected chi connectivity index (χ2v) is 10.4.